The van der Waals surface area contributed by atoms with Gasteiger partial charge in [0.1, 0.15) is 40.7 Å². The standard InChI is InChI=1S/C33H33F7N4O5/c1-16-17(2)43(3)30(46)27(41-16)21-8-7-18(20-6-5-11-49-28(20)21)12-24(31(47)48-4)42-29(45)26-22(34)13-19(14-23(26)35)44-10-9-32(36,37)15-25(44)33(38,39)40/h7-8,13-14,24-25H,5-6,9-12,15H2,1-4H3,(H,42,45)/t24-,25-/m0/s1. The van der Waals surface area contributed by atoms with Crippen molar-refractivity contribution in [3.05, 3.63) is 74.3 Å². The minimum absolute atomic E-state index is 0.155. The van der Waals surface area contributed by atoms with Gasteiger partial charge in [-0.2, -0.15) is 13.2 Å². The molecule has 0 radical (unpaired) electrons. The monoisotopic (exact) mass is 698 g/mol. The second-order valence-electron chi connectivity index (χ2n) is 12.1. The number of anilines is 1. The van der Waals surface area contributed by atoms with Crippen LogP contribution in [0.2, 0.25) is 0 Å². The van der Waals surface area contributed by atoms with E-state index in [2.05, 4.69) is 10.3 Å². The third-order valence-electron chi connectivity index (χ3n) is 9.01. The normalized spacial score (nSPS) is 17.9. The van der Waals surface area contributed by atoms with Gasteiger partial charge in [0.15, 0.2) is 0 Å². The Morgan fingerprint density at radius 3 is 2.47 bits per heavy atom. The van der Waals surface area contributed by atoms with E-state index in [1.54, 1.807) is 33.0 Å². The van der Waals surface area contributed by atoms with Crippen molar-refractivity contribution in [2.45, 2.75) is 70.1 Å². The van der Waals surface area contributed by atoms with Gasteiger partial charge in [0.05, 0.1) is 19.4 Å². The minimum atomic E-state index is -5.13. The molecule has 3 heterocycles. The summed E-state index contributed by atoms with van der Waals surface area (Å²) in [4.78, 5) is 44.1. The zero-order chi connectivity index (χ0) is 36.0. The van der Waals surface area contributed by atoms with Crippen molar-refractivity contribution in [2.24, 2.45) is 7.05 Å². The summed E-state index contributed by atoms with van der Waals surface area (Å²) >= 11 is 0. The molecule has 3 aromatic rings. The van der Waals surface area contributed by atoms with Crippen LogP contribution < -0.4 is 20.5 Å². The average Bonchev–Trinajstić information content (AvgIpc) is 3.03. The zero-order valence-electron chi connectivity index (χ0n) is 26.9. The Kier molecular flexibility index (Phi) is 9.72. The van der Waals surface area contributed by atoms with Gasteiger partial charge in [-0.15, -0.1) is 0 Å². The quantitative estimate of drug-likeness (QED) is 0.262. The van der Waals surface area contributed by atoms with E-state index in [0.717, 1.165) is 7.11 Å². The minimum Gasteiger partial charge on any atom is -0.493 e. The lowest BCUT2D eigenvalue weighted by Crippen LogP contribution is -2.54. The molecule has 0 bridgehead atoms. The first kappa shape index (κ1) is 35.7. The number of ether oxygens (including phenoxy) is 2. The van der Waals surface area contributed by atoms with E-state index >= 15 is 8.78 Å². The molecule has 0 unspecified atom stereocenters. The molecule has 5 rings (SSSR count). The lowest BCUT2D eigenvalue weighted by atomic mass is 9.91. The fourth-order valence-electron chi connectivity index (χ4n) is 6.20. The fraction of sp³-hybridized carbons (Fsp3) is 0.455. The van der Waals surface area contributed by atoms with Crippen LogP contribution in [0.25, 0.3) is 11.3 Å². The number of aryl methyl sites for hydroxylation is 1. The Labute approximate surface area is 276 Å². The summed E-state index contributed by atoms with van der Waals surface area (Å²) in [6, 6.07) is -0.0590. The van der Waals surface area contributed by atoms with Gasteiger partial charge in [-0.25, -0.2) is 27.3 Å². The van der Waals surface area contributed by atoms with Crippen LogP contribution in [0.5, 0.6) is 5.75 Å². The summed E-state index contributed by atoms with van der Waals surface area (Å²) in [5, 5.41) is 2.25. The molecule has 16 heteroatoms. The second kappa shape index (κ2) is 13.3. The van der Waals surface area contributed by atoms with Crippen molar-refractivity contribution in [2.75, 3.05) is 25.2 Å². The van der Waals surface area contributed by atoms with E-state index in [-0.39, 0.29) is 17.7 Å². The van der Waals surface area contributed by atoms with Gasteiger partial charge < -0.3 is 24.3 Å². The number of amides is 1. The number of hydrogen-bond acceptors (Lipinski definition) is 7. The van der Waals surface area contributed by atoms with Crippen molar-refractivity contribution in [3.63, 3.8) is 0 Å². The Morgan fingerprint density at radius 1 is 1.16 bits per heavy atom. The number of halogens is 7. The van der Waals surface area contributed by atoms with Gasteiger partial charge in [-0.1, -0.05) is 6.07 Å². The van der Waals surface area contributed by atoms with Crippen LogP contribution in [-0.2, 0) is 29.4 Å². The summed E-state index contributed by atoms with van der Waals surface area (Å²) in [7, 11) is 2.66. The molecule has 0 spiro atoms. The number of fused-ring (bicyclic) bond motifs is 1. The third kappa shape index (κ3) is 7.08. The first-order valence-electron chi connectivity index (χ1n) is 15.3. The predicted molar refractivity (Wildman–Crippen MR) is 163 cm³/mol. The Morgan fingerprint density at radius 2 is 1.84 bits per heavy atom. The number of alkyl halides is 5. The van der Waals surface area contributed by atoms with Gasteiger partial charge in [0.25, 0.3) is 17.4 Å². The molecule has 2 aromatic carbocycles. The zero-order valence-corrected chi connectivity index (χ0v) is 26.9. The second-order valence-corrected chi connectivity index (χ2v) is 12.1. The van der Waals surface area contributed by atoms with Crippen LogP contribution in [-0.4, -0.2) is 65.9 Å². The number of piperidine rings is 1. The molecule has 1 N–H and O–H groups in total. The maximum Gasteiger partial charge on any atom is 0.408 e. The van der Waals surface area contributed by atoms with E-state index in [1.807, 2.05) is 0 Å². The van der Waals surface area contributed by atoms with Crippen molar-refractivity contribution in [1.29, 1.82) is 0 Å². The van der Waals surface area contributed by atoms with Gasteiger partial charge in [-0.05, 0) is 56.0 Å². The van der Waals surface area contributed by atoms with Gasteiger partial charge >= 0.3 is 12.1 Å². The lowest BCUT2D eigenvalue weighted by molar-refractivity contribution is -0.175. The van der Waals surface area contributed by atoms with E-state index in [1.165, 1.54) is 4.57 Å². The topological polar surface area (TPSA) is 103 Å². The van der Waals surface area contributed by atoms with E-state index < -0.39 is 78.3 Å². The number of methoxy groups -OCH3 is 1. The number of rotatable bonds is 7. The maximum atomic E-state index is 15.3. The van der Waals surface area contributed by atoms with Crippen LogP contribution in [0.1, 0.15) is 52.1 Å². The van der Waals surface area contributed by atoms with Gasteiger partial charge in [0.2, 0.25) is 0 Å². The number of nitrogens with zero attached hydrogens (tertiary/aromatic N) is 3. The molecular formula is C33H33F7N4O5. The Bertz CT molecular complexity index is 1840. The molecule has 1 fully saturated rings. The number of carbonyl (C=O) groups excluding carboxylic acids is 2. The molecule has 0 aliphatic carbocycles. The largest absolute Gasteiger partial charge is 0.493 e. The molecule has 9 nitrogen and oxygen atoms in total. The summed E-state index contributed by atoms with van der Waals surface area (Å²) in [6.07, 6.45) is -6.87. The van der Waals surface area contributed by atoms with E-state index in [9.17, 15) is 36.3 Å². The van der Waals surface area contributed by atoms with Crippen LogP contribution >= 0.6 is 0 Å². The molecule has 2 aliphatic heterocycles. The number of carbonyl (C=O) groups is 2. The van der Waals surface area contributed by atoms with Crippen molar-refractivity contribution in [3.8, 4) is 17.0 Å². The smallest absolute Gasteiger partial charge is 0.408 e. The molecule has 1 aromatic heterocycles. The van der Waals surface area contributed by atoms with Gasteiger partial charge in [-0.3, -0.25) is 9.59 Å². The van der Waals surface area contributed by atoms with Gasteiger partial charge in [0, 0.05) is 49.8 Å². The average molecular weight is 699 g/mol. The third-order valence-corrected chi connectivity index (χ3v) is 9.01. The fourth-order valence-corrected chi connectivity index (χ4v) is 6.20. The summed E-state index contributed by atoms with van der Waals surface area (Å²) in [5.41, 5.74) is 0.805. The predicted octanol–water partition coefficient (Wildman–Crippen LogP) is 5.35. The number of nitrogens with one attached hydrogen (secondary N) is 1. The molecular weight excluding hydrogens is 665 g/mol. The number of esters is 1. The molecule has 2 aliphatic rings. The summed E-state index contributed by atoms with van der Waals surface area (Å²) in [6.45, 7) is 3.02. The number of aromatic nitrogens is 2. The number of benzene rings is 2. The first-order valence-corrected chi connectivity index (χ1v) is 15.3. The lowest BCUT2D eigenvalue weighted by Gasteiger charge is -2.41. The van der Waals surface area contributed by atoms with Crippen molar-refractivity contribution in [1.82, 2.24) is 14.9 Å². The van der Waals surface area contributed by atoms with E-state index in [0.29, 0.717) is 70.3 Å². The summed E-state index contributed by atoms with van der Waals surface area (Å²) in [5.74, 6) is -8.76. The van der Waals surface area contributed by atoms with Crippen molar-refractivity contribution < 1.29 is 49.8 Å². The highest BCUT2D eigenvalue weighted by Gasteiger charge is 2.52. The molecule has 264 valence electrons. The van der Waals surface area contributed by atoms with Crippen LogP contribution in [0.3, 0.4) is 0 Å². The highest BCUT2D eigenvalue weighted by atomic mass is 19.4. The molecule has 0 saturated carbocycles. The molecule has 1 saturated heterocycles. The van der Waals surface area contributed by atoms with Crippen LogP contribution in [0.4, 0.5) is 36.4 Å². The molecule has 1 amide bonds. The van der Waals surface area contributed by atoms with Crippen molar-refractivity contribution >= 4 is 17.6 Å². The Balaban J connectivity index is 1.44. The SMILES string of the molecule is COC(=O)[C@H](Cc1ccc(-c2nc(C)c(C)n(C)c2=O)c2c1CCCO2)NC(=O)c1c(F)cc(N2CCC(F)(F)C[C@H]2C(F)(F)F)cc1F. The van der Waals surface area contributed by atoms with Crippen LogP contribution in [0, 0.1) is 25.5 Å². The first-order chi connectivity index (χ1) is 22.9. The maximum absolute atomic E-state index is 15.3. The number of hydrogen-bond donors (Lipinski definition) is 1. The molecule has 49 heavy (non-hydrogen) atoms. The summed E-state index contributed by atoms with van der Waals surface area (Å²) < 4.78 is 111. The van der Waals surface area contributed by atoms with Crippen LogP contribution in [0.15, 0.2) is 29.1 Å². The Hall–Kier alpha value is -4.63. The molecule has 2 atom stereocenters. The van der Waals surface area contributed by atoms with E-state index in [4.69, 9.17) is 9.47 Å². The highest BCUT2D eigenvalue weighted by Crippen LogP contribution is 2.42. The highest BCUT2D eigenvalue weighted by molar-refractivity contribution is 5.97.